The van der Waals surface area contributed by atoms with Crippen LogP contribution < -0.4 is 5.32 Å². The van der Waals surface area contributed by atoms with Crippen LogP contribution in [-0.4, -0.2) is 15.6 Å². The Balaban J connectivity index is 1.84. The highest BCUT2D eigenvalue weighted by molar-refractivity contribution is 6.30. The normalized spacial score (nSPS) is 11.0. The van der Waals surface area contributed by atoms with Gasteiger partial charge in [-0.3, -0.25) is 0 Å². The summed E-state index contributed by atoms with van der Waals surface area (Å²) in [4.78, 5) is 11.9. The molecule has 2 aromatic carbocycles. The topological polar surface area (TPSA) is 54.3 Å². The molecule has 0 bridgehead atoms. The highest BCUT2D eigenvalue weighted by atomic mass is 35.5. The summed E-state index contributed by atoms with van der Waals surface area (Å²) >= 11 is 6.10. The van der Waals surface area contributed by atoms with Crippen LogP contribution in [0.4, 0.5) is 0 Å². The maximum absolute atomic E-state index is 11.9. The summed E-state index contributed by atoms with van der Waals surface area (Å²) in [6.45, 7) is 7.70. The molecule has 0 fully saturated rings. The third-order valence-electron chi connectivity index (χ3n) is 5.07. The van der Waals surface area contributed by atoms with Gasteiger partial charge in [0.05, 0.1) is 5.56 Å². The van der Waals surface area contributed by atoms with Crippen molar-refractivity contribution < 1.29 is 9.90 Å². The Labute approximate surface area is 170 Å². The fraction of sp³-hybridized carbons (Fsp3) is 0.261. The quantitative estimate of drug-likeness (QED) is 0.584. The van der Waals surface area contributed by atoms with Gasteiger partial charge in [-0.2, -0.15) is 0 Å². The predicted molar refractivity (Wildman–Crippen MR) is 113 cm³/mol. The molecule has 2 N–H and O–H groups in total. The molecule has 0 aliphatic heterocycles. The van der Waals surface area contributed by atoms with Crippen LogP contribution in [0.3, 0.4) is 0 Å². The van der Waals surface area contributed by atoms with Crippen molar-refractivity contribution >= 4 is 17.6 Å². The fourth-order valence-electron chi connectivity index (χ4n) is 3.66. The highest BCUT2D eigenvalue weighted by Gasteiger charge is 2.22. The number of halogens is 1. The first-order valence-corrected chi connectivity index (χ1v) is 9.67. The Bertz CT molecular complexity index is 1010. The Kier molecular flexibility index (Phi) is 6.22. The number of hydrogen-bond acceptors (Lipinski definition) is 2. The van der Waals surface area contributed by atoms with E-state index in [1.54, 1.807) is 0 Å². The lowest BCUT2D eigenvalue weighted by atomic mass is 10.1. The molecule has 28 heavy (non-hydrogen) atoms. The Morgan fingerprint density at radius 1 is 1.00 bits per heavy atom. The van der Waals surface area contributed by atoms with Crippen molar-refractivity contribution in [2.45, 2.75) is 40.4 Å². The molecule has 0 radical (unpaired) electrons. The van der Waals surface area contributed by atoms with E-state index in [9.17, 15) is 9.90 Å². The largest absolute Gasteiger partial charge is 0.478 e. The Morgan fingerprint density at radius 2 is 1.71 bits per heavy atom. The first-order valence-electron chi connectivity index (χ1n) is 9.29. The second-order valence-electron chi connectivity index (χ2n) is 7.14. The van der Waals surface area contributed by atoms with Gasteiger partial charge in [-0.05, 0) is 44.0 Å². The molecule has 0 saturated carbocycles. The van der Waals surface area contributed by atoms with Gasteiger partial charge in [0.1, 0.15) is 0 Å². The van der Waals surface area contributed by atoms with Crippen LogP contribution in [0.5, 0.6) is 0 Å². The minimum atomic E-state index is -0.891. The third-order valence-corrected chi connectivity index (χ3v) is 5.30. The van der Waals surface area contributed by atoms with Gasteiger partial charge in [-0.1, -0.05) is 53.6 Å². The molecule has 4 nitrogen and oxygen atoms in total. The van der Waals surface area contributed by atoms with Gasteiger partial charge in [0.15, 0.2) is 0 Å². The van der Waals surface area contributed by atoms with Crippen LogP contribution in [0.2, 0.25) is 5.02 Å². The predicted octanol–water partition coefficient (Wildman–Crippen LogP) is 5.10. The molecule has 3 rings (SSSR count). The van der Waals surface area contributed by atoms with E-state index in [1.807, 2.05) is 44.2 Å². The van der Waals surface area contributed by atoms with Gasteiger partial charge in [0.2, 0.25) is 0 Å². The van der Waals surface area contributed by atoms with Crippen molar-refractivity contribution in [2.75, 3.05) is 0 Å². The maximum atomic E-state index is 11.9. The van der Waals surface area contributed by atoms with E-state index in [1.165, 1.54) is 11.1 Å². The summed E-state index contributed by atoms with van der Waals surface area (Å²) in [6, 6.07) is 16.0. The van der Waals surface area contributed by atoms with Crippen LogP contribution in [0.1, 0.15) is 44.0 Å². The molecule has 1 aromatic heterocycles. The summed E-state index contributed by atoms with van der Waals surface area (Å²) in [5.74, 6) is -0.891. The fourth-order valence-corrected chi connectivity index (χ4v) is 3.87. The van der Waals surface area contributed by atoms with Crippen molar-refractivity contribution in [1.82, 2.24) is 9.88 Å². The lowest BCUT2D eigenvalue weighted by Crippen LogP contribution is -2.15. The molecule has 5 heteroatoms. The van der Waals surface area contributed by atoms with E-state index in [2.05, 4.69) is 35.0 Å². The standard InChI is InChI=1S/C23H25ClN2O2/c1-15-6-4-7-18(10-15)12-25-13-21-16(2)26(17(3)22(21)23(27)28)14-19-8-5-9-20(24)11-19/h4-11,25H,12-14H2,1-3H3,(H,27,28). The molecular formula is C23H25ClN2O2. The van der Waals surface area contributed by atoms with Crippen molar-refractivity contribution in [3.63, 3.8) is 0 Å². The van der Waals surface area contributed by atoms with Crippen LogP contribution in [0.15, 0.2) is 48.5 Å². The summed E-state index contributed by atoms with van der Waals surface area (Å²) in [7, 11) is 0. The van der Waals surface area contributed by atoms with Crippen molar-refractivity contribution in [1.29, 1.82) is 0 Å². The average molecular weight is 397 g/mol. The average Bonchev–Trinajstić information content (AvgIpc) is 2.86. The number of carboxylic acid groups (broad SMARTS) is 1. The van der Waals surface area contributed by atoms with Gasteiger partial charge in [-0.15, -0.1) is 0 Å². The molecular weight excluding hydrogens is 372 g/mol. The summed E-state index contributed by atoms with van der Waals surface area (Å²) < 4.78 is 2.05. The second kappa shape index (κ2) is 8.63. The third kappa shape index (κ3) is 4.46. The van der Waals surface area contributed by atoms with Gasteiger partial charge >= 0.3 is 5.97 Å². The Hall–Kier alpha value is -2.56. The van der Waals surface area contributed by atoms with E-state index in [-0.39, 0.29) is 0 Å². The minimum absolute atomic E-state index is 0.385. The Morgan fingerprint density at radius 3 is 2.39 bits per heavy atom. The maximum Gasteiger partial charge on any atom is 0.337 e. The molecule has 0 unspecified atom stereocenters. The molecule has 0 amide bonds. The number of aryl methyl sites for hydroxylation is 1. The number of aromatic nitrogens is 1. The molecule has 0 spiro atoms. The number of carbonyl (C=O) groups is 1. The van der Waals surface area contributed by atoms with Crippen molar-refractivity contribution in [3.05, 3.63) is 92.8 Å². The van der Waals surface area contributed by atoms with Crippen LogP contribution >= 0.6 is 11.6 Å². The zero-order valence-corrected chi connectivity index (χ0v) is 17.2. The van der Waals surface area contributed by atoms with E-state index in [4.69, 9.17) is 11.6 Å². The highest BCUT2D eigenvalue weighted by Crippen LogP contribution is 2.24. The molecule has 146 valence electrons. The molecule has 0 atom stereocenters. The molecule has 3 aromatic rings. The molecule has 1 heterocycles. The number of carboxylic acids is 1. The molecule has 0 aliphatic carbocycles. The zero-order chi connectivity index (χ0) is 20.3. The van der Waals surface area contributed by atoms with Crippen molar-refractivity contribution in [2.24, 2.45) is 0 Å². The summed E-state index contributed by atoms with van der Waals surface area (Å²) in [5, 5.41) is 13.9. The van der Waals surface area contributed by atoms with E-state index in [0.717, 1.165) is 22.5 Å². The summed E-state index contributed by atoms with van der Waals surface area (Å²) in [6.07, 6.45) is 0. The van der Waals surface area contributed by atoms with Crippen LogP contribution in [-0.2, 0) is 19.6 Å². The van der Waals surface area contributed by atoms with E-state index >= 15 is 0 Å². The minimum Gasteiger partial charge on any atom is -0.478 e. The first kappa shape index (κ1) is 20.2. The van der Waals surface area contributed by atoms with Gasteiger partial charge < -0.3 is 15.0 Å². The molecule has 0 aliphatic rings. The van der Waals surface area contributed by atoms with Gasteiger partial charge in [-0.25, -0.2) is 4.79 Å². The van der Waals surface area contributed by atoms with Gasteiger partial charge in [0.25, 0.3) is 0 Å². The number of hydrogen-bond donors (Lipinski definition) is 2. The zero-order valence-electron chi connectivity index (χ0n) is 16.4. The number of benzene rings is 2. The second-order valence-corrected chi connectivity index (χ2v) is 7.57. The molecule has 0 saturated heterocycles. The number of rotatable bonds is 7. The van der Waals surface area contributed by atoms with Crippen LogP contribution in [0, 0.1) is 20.8 Å². The van der Waals surface area contributed by atoms with Crippen molar-refractivity contribution in [3.8, 4) is 0 Å². The SMILES string of the molecule is Cc1cccc(CNCc2c(C(=O)O)c(C)n(Cc3cccc(Cl)c3)c2C)c1. The lowest BCUT2D eigenvalue weighted by Gasteiger charge is -2.11. The lowest BCUT2D eigenvalue weighted by molar-refractivity contribution is 0.0694. The number of aromatic carboxylic acids is 1. The summed E-state index contributed by atoms with van der Waals surface area (Å²) in [5.41, 5.74) is 6.39. The van der Waals surface area contributed by atoms with Crippen LogP contribution in [0.25, 0.3) is 0 Å². The monoisotopic (exact) mass is 396 g/mol. The number of nitrogens with zero attached hydrogens (tertiary/aromatic N) is 1. The smallest absolute Gasteiger partial charge is 0.337 e. The van der Waals surface area contributed by atoms with Gasteiger partial charge in [0, 0.05) is 41.6 Å². The van der Waals surface area contributed by atoms with E-state index < -0.39 is 5.97 Å². The number of nitrogens with one attached hydrogen (secondary N) is 1. The van der Waals surface area contributed by atoms with E-state index in [0.29, 0.717) is 30.2 Å². The first-order chi connectivity index (χ1) is 13.4.